The molecule has 0 saturated heterocycles. The van der Waals surface area contributed by atoms with Gasteiger partial charge in [-0.1, -0.05) is 12.1 Å². The zero-order chi connectivity index (χ0) is 15.3. The van der Waals surface area contributed by atoms with Crippen LogP contribution in [0.15, 0.2) is 24.3 Å². The summed E-state index contributed by atoms with van der Waals surface area (Å²) in [6, 6.07) is 5.71. The molecule has 7 heteroatoms. The van der Waals surface area contributed by atoms with Gasteiger partial charge in [0, 0.05) is 19.8 Å². The number of hydrogen-bond acceptors (Lipinski definition) is 5. The van der Waals surface area contributed by atoms with Gasteiger partial charge in [0.2, 0.25) is 5.91 Å². The predicted octanol–water partition coefficient (Wildman–Crippen LogP) is -0.235. The quantitative estimate of drug-likeness (QED) is 0.755. The van der Waals surface area contributed by atoms with Gasteiger partial charge < -0.3 is 15.7 Å². The molecular weight excluding hydrogens is 280 g/mol. The van der Waals surface area contributed by atoms with Crippen LogP contribution >= 0.6 is 0 Å². The Morgan fingerprint density at radius 1 is 1.35 bits per heavy atom. The normalized spacial score (nSPS) is 12.9. The van der Waals surface area contributed by atoms with E-state index in [0.717, 1.165) is 11.8 Å². The Balaban J connectivity index is 2.55. The molecule has 0 aliphatic carbocycles. The second-order valence-corrected chi connectivity index (χ2v) is 7.13. The Kier molecular flexibility index (Phi) is 5.52. The Bertz CT molecular complexity index is 554. The summed E-state index contributed by atoms with van der Waals surface area (Å²) >= 11 is 0. The van der Waals surface area contributed by atoms with Gasteiger partial charge in [-0.3, -0.25) is 4.79 Å². The van der Waals surface area contributed by atoms with Crippen molar-refractivity contribution in [3.8, 4) is 5.75 Å². The fourth-order valence-electron chi connectivity index (χ4n) is 1.67. The summed E-state index contributed by atoms with van der Waals surface area (Å²) in [5.74, 6) is -0.234. The highest BCUT2D eigenvalue weighted by molar-refractivity contribution is 7.90. The third-order valence-electron chi connectivity index (χ3n) is 2.88. The van der Waals surface area contributed by atoms with Gasteiger partial charge in [0.1, 0.15) is 15.6 Å². The third kappa shape index (κ3) is 5.58. The lowest BCUT2D eigenvalue weighted by atomic mass is 10.1. The standard InChI is InChI=1S/C13H20N2O4S/c1-15(7-8-20(2,18)19)13(17)12(14)9-10-3-5-11(16)6-4-10/h3-6,12,16H,7-9,14H2,1-2H3/t12-/m1/s1. The van der Waals surface area contributed by atoms with E-state index in [2.05, 4.69) is 0 Å². The van der Waals surface area contributed by atoms with Crippen molar-refractivity contribution in [3.63, 3.8) is 0 Å². The first-order valence-electron chi connectivity index (χ1n) is 6.15. The van der Waals surface area contributed by atoms with E-state index < -0.39 is 15.9 Å². The molecule has 0 radical (unpaired) electrons. The predicted molar refractivity (Wildman–Crippen MR) is 77.1 cm³/mol. The number of sulfone groups is 1. The third-order valence-corrected chi connectivity index (χ3v) is 3.81. The Hall–Kier alpha value is -1.60. The van der Waals surface area contributed by atoms with Crippen LogP contribution in [0.2, 0.25) is 0 Å². The smallest absolute Gasteiger partial charge is 0.239 e. The number of likely N-dealkylation sites (N-methyl/N-ethyl adjacent to an activating group) is 1. The molecule has 0 unspecified atom stereocenters. The molecule has 3 N–H and O–H groups in total. The van der Waals surface area contributed by atoms with Crippen LogP contribution in [-0.2, 0) is 21.1 Å². The maximum atomic E-state index is 12.0. The molecule has 0 saturated carbocycles. The molecule has 6 nitrogen and oxygen atoms in total. The van der Waals surface area contributed by atoms with Crippen molar-refractivity contribution in [2.24, 2.45) is 5.73 Å². The molecule has 1 atom stereocenters. The van der Waals surface area contributed by atoms with E-state index in [1.165, 1.54) is 24.1 Å². The molecule has 1 rings (SSSR count). The van der Waals surface area contributed by atoms with Gasteiger partial charge in [0.05, 0.1) is 11.8 Å². The van der Waals surface area contributed by atoms with Gasteiger partial charge in [-0.05, 0) is 24.1 Å². The van der Waals surface area contributed by atoms with Gasteiger partial charge in [-0.2, -0.15) is 0 Å². The average Bonchev–Trinajstić information content (AvgIpc) is 2.36. The second-order valence-electron chi connectivity index (χ2n) is 4.87. The van der Waals surface area contributed by atoms with Gasteiger partial charge in [0.15, 0.2) is 0 Å². The summed E-state index contributed by atoms with van der Waals surface area (Å²) in [6.07, 6.45) is 1.46. The van der Waals surface area contributed by atoms with Gasteiger partial charge in [-0.15, -0.1) is 0 Å². The van der Waals surface area contributed by atoms with E-state index in [-0.39, 0.29) is 24.0 Å². The van der Waals surface area contributed by atoms with E-state index in [0.29, 0.717) is 6.42 Å². The lowest BCUT2D eigenvalue weighted by Gasteiger charge is -2.21. The molecule has 20 heavy (non-hydrogen) atoms. The SMILES string of the molecule is CN(CCS(C)(=O)=O)C(=O)[C@H](N)Cc1ccc(O)cc1. The minimum absolute atomic E-state index is 0.0822. The fourth-order valence-corrected chi connectivity index (χ4v) is 2.27. The van der Waals surface area contributed by atoms with E-state index >= 15 is 0 Å². The number of carbonyl (C=O) groups excluding carboxylic acids is 1. The maximum Gasteiger partial charge on any atom is 0.239 e. The van der Waals surface area contributed by atoms with Gasteiger partial charge in [-0.25, -0.2) is 8.42 Å². The summed E-state index contributed by atoms with van der Waals surface area (Å²) in [5.41, 5.74) is 6.66. The lowest BCUT2D eigenvalue weighted by molar-refractivity contribution is -0.131. The van der Waals surface area contributed by atoms with E-state index in [9.17, 15) is 18.3 Å². The van der Waals surface area contributed by atoms with Crippen molar-refractivity contribution in [2.75, 3.05) is 25.6 Å². The second kappa shape index (κ2) is 6.71. The van der Waals surface area contributed by atoms with Crippen LogP contribution in [0, 0.1) is 0 Å². The number of aromatic hydroxyl groups is 1. The minimum atomic E-state index is -3.10. The zero-order valence-corrected chi connectivity index (χ0v) is 12.4. The number of benzene rings is 1. The molecule has 112 valence electrons. The van der Waals surface area contributed by atoms with E-state index in [4.69, 9.17) is 5.73 Å². The fraction of sp³-hybridized carbons (Fsp3) is 0.462. The molecule has 0 fully saturated rings. The van der Waals surface area contributed by atoms with Crippen LogP contribution in [0.4, 0.5) is 0 Å². The summed E-state index contributed by atoms with van der Waals surface area (Å²) < 4.78 is 22.1. The molecule has 1 amide bonds. The number of phenols is 1. The Morgan fingerprint density at radius 2 is 1.90 bits per heavy atom. The number of phenolic OH excluding ortho intramolecular Hbond substituents is 1. The number of carbonyl (C=O) groups is 1. The van der Waals surface area contributed by atoms with Crippen LogP contribution in [0.1, 0.15) is 5.56 Å². The zero-order valence-electron chi connectivity index (χ0n) is 11.6. The first-order chi connectivity index (χ1) is 9.19. The van der Waals surface area contributed by atoms with Crippen LogP contribution in [-0.4, -0.2) is 56.0 Å². The number of hydrogen-bond donors (Lipinski definition) is 2. The highest BCUT2D eigenvalue weighted by Crippen LogP contribution is 2.11. The molecule has 0 heterocycles. The molecule has 0 aliphatic heterocycles. The minimum Gasteiger partial charge on any atom is -0.508 e. The maximum absolute atomic E-state index is 12.0. The first kappa shape index (κ1) is 16.5. The Labute approximate surface area is 119 Å². The topological polar surface area (TPSA) is 101 Å². The van der Waals surface area contributed by atoms with Crippen molar-refractivity contribution < 1.29 is 18.3 Å². The number of nitrogens with zero attached hydrogens (tertiary/aromatic N) is 1. The molecular formula is C13H20N2O4S. The molecule has 1 aromatic carbocycles. The Morgan fingerprint density at radius 3 is 2.40 bits per heavy atom. The lowest BCUT2D eigenvalue weighted by Crippen LogP contribution is -2.44. The van der Waals surface area contributed by atoms with Crippen molar-refractivity contribution in [1.29, 1.82) is 0 Å². The van der Waals surface area contributed by atoms with Gasteiger partial charge in [0.25, 0.3) is 0 Å². The van der Waals surface area contributed by atoms with Crippen molar-refractivity contribution in [2.45, 2.75) is 12.5 Å². The number of amides is 1. The first-order valence-corrected chi connectivity index (χ1v) is 8.21. The van der Waals surface area contributed by atoms with Crippen LogP contribution in [0.3, 0.4) is 0 Å². The molecule has 0 aliphatic rings. The number of rotatable bonds is 6. The summed E-state index contributed by atoms with van der Waals surface area (Å²) in [6.45, 7) is 0.126. The van der Waals surface area contributed by atoms with E-state index in [1.54, 1.807) is 12.1 Å². The van der Waals surface area contributed by atoms with Crippen molar-refractivity contribution >= 4 is 15.7 Å². The highest BCUT2D eigenvalue weighted by Gasteiger charge is 2.19. The largest absolute Gasteiger partial charge is 0.508 e. The van der Waals surface area contributed by atoms with Gasteiger partial charge >= 0.3 is 0 Å². The monoisotopic (exact) mass is 300 g/mol. The number of nitrogens with two attached hydrogens (primary N) is 1. The van der Waals surface area contributed by atoms with Crippen LogP contribution in [0.25, 0.3) is 0 Å². The summed E-state index contributed by atoms with van der Waals surface area (Å²) in [5, 5.41) is 9.17. The molecule has 0 aromatic heterocycles. The average molecular weight is 300 g/mol. The summed E-state index contributed by atoms with van der Waals surface area (Å²) in [4.78, 5) is 13.3. The van der Waals surface area contributed by atoms with Crippen molar-refractivity contribution in [1.82, 2.24) is 4.90 Å². The molecule has 1 aromatic rings. The van der Waals surface area contributed by atoms with Crippen molar-refractivity contribution in [3.05, 3.63) is 29.8 Å². The summed E-state index contributed by atoms with van der Waals surface area (Å²) in [7, 11) is -1.57. The van der Waals surface area contributed by atoms with Crippen LogP contribution in [0.5, 0.6) is 5.75 Å². The van der Waals surface area contributed by atoms with Crippen LogP contribution < -0.4 is 5.73 Å². The van der Waals surface area contributed by atoms with E-state index in [1.807, 2.05) is 0 Å². The molecule has 0 bridgehead atoms. The molecule has 0 spiro atoms. The highest BCUT2D eigenvalue weighted by atomic mass is 32.2.